The van der Waals surface area contributed by atoms with Crippen LogP contribution < -0.4 is 10.1 Å². The fraction of sp³-hybridized carbons (Fsp3) is 0.167. The first kappa shape index (κ1) is 24.2. The number of carbonyl (C=O) groups is 2. The average molecular weight is 496 g/mol. The third-order valence-corrected chi connectivity index (χ3v) is 6.61. The Kier molecular flexibility index (Phi) is 6.94. The maximum Gasteiger partial charge on any atom is 0.255 e. The first-order valence-electron chi connectivity index (χ1n) is 12.0. The summed E-state index contributed by atoms with van der Waals surface area (Å²) in [5.74, 6) is -0.749. The number of pyridine rings is 1. The number of nitrogens with zero attached hydrogens (tertiary/aromatic N) is 2. The molecule has 0 spiro atoms. The molecule has 2 atom stereocenters. The summed E-state index contributed by atoms with van der Waals surface area (Å²) in [4.78, 5) is 33.7. The van der Waals surface area contributed by atoms with E-state index in [0.717, 1.165) is 16.8 Å². The van der Waals surface area contributed by atoms with E-state index in [9.17, 15) is 14.0 Å². The Labute approximate surface area is 214 Å². The summed E-state index contributed by atoms with van der Waals surface area (Å²) in [5, 5.41) is 3.02. The topological polar surface area (TPSA) is 71.5 Å². The monoisotopic (exact) mass is 495 g/mol. The molecule has 6 nitrogen and oxygen atoms in total. The van der Waals surface area contributed by atoms with Crippen molar-refractivity contribution in [3.8, 4) is 5.75 Å². The predicted molar refractivity (Wildman–Crippen MR) is 137 cm³/mol. The van der Waals surface area contributed by atoms with Crippen LogP contribution in [0.15, 0.2) is 97.2 Å². The zero-order valence-corrected chi connectivity index (χ0v) is 20.3. The van der Waals surface area contributed by atoms with Crippen LogP contribution in [0.25, 0.3) is 0 Å². The van der Waals surface area contributed by atoms with Crippen LogP contribution in [0.1, 0.15) is 44.7 Å². The predicted octanol–water partition coefficient (Wildman–Crippen LogP) is 5.03. The van der Waals surface area contributed by atoms with Gasteiger partial charge in [-0.25, -0.2) is 4.39 Å². The van der Waals surface area contributed by atoms with E-state index in [1.165, 1.54) is 12.1 Å². The zero-order chi connectivity index (χ0) is 25.8. The van der Waals surface area contributed by atoms with E-state index in [1.54, 1.807) is 42.5 Å². The molecule has 0 radical (unpaired) electrons. The molecular formula is C30H26FN3O3. The molecule has 0 saturated heterocycles. The number of benzene rings is 3. The van der Waals surface area contributed by atoms with Gasteiger partial charge in [-0.2, -0.15) is 0 Å². The lowest BCUT2D eigenvalue weighted by Gasteiger charge is -2.42. The van der Waals surface area contributed by atoms with Gasteiger partial charge < -0.3 is 15.0 Å². The third-order valence-electron chi connectivity index (χ3n) is 6.61. The number of methoxy groups -OCH3 is 1. The molecule has 1 aliphatic heterocycles. The third kappa shape index (κ3) is 5.07. The first-order valence-corrected chi connectivity index (χ1v) is 12.0. The Bertz CT molecular complexity index is 1390. The molecule has 1 aliphatic rings. The molecular weight excluding hydrogens is 469 g/mol. The number of amides is 2. The molecule has 1 aromatic heterocycles. The van der Waals surface area contributed by atoms with Gasteiger partial charge in [0.15, 0.2) is 0 Å². The number of nitrogens with one attached hydrogen (secondary N) is 1. The van der Waals surface area contributed by atoms with Crippen LogP contribution in [0.4, 0.5) is 4.39 Å². The van der Waals surface area contributed by atoms with Crippen molar-refractivity contribution in [1.82, 2.24) is 15.2 Å². The van der Waals surface area contributed by atoms with Gasteiger partial charge in [-0.3, -0.25) is 14.6 Å². The highest BCUT2D eigenvalue weighted by atomic mass is 19.1. The maximum absolute atomic E-state index is 13.8. The molecule has 1 N–H and O–H groups in total. The quantitative estimate of drug-likeness (QED) is 0.391. The van der Waals surface area contributed by atoms with Crippen LogP contribution in [0, 0.1) is 5.82 Å². The van der Waals surface area contributed by atoms with Crippen LogP contribution in [0.5, 0.6) is 5.75 Å². The smallest absolute Gasteiger partial charge is 0.255 e. The van der Waals surface area contributed by atoms with E-state index in [-0.39, 0.29) is 30.7 Å². The second-order valence-corrected chi connectivity index (χ2v) is 8.88. The molecule has 4 aromatic rings. The van der Waals surface area contributed by atoms with Gasteiger partial charge in [-0.1, -0.05) is 48.5 Å². The van der Waals surface area contributed by atoms with Crippen LogP contribution in [-0.4, -0.2) is 28.8 Å². The SMILES string of the molecule is COc1ccc([C@@H]2[C@@H](C(=O)NCc3ccccn3)c3ccccc3C(=O)N2Cc2ccc(F)cc2)cc1. The second kappa shape index (κ2) is 10.6. The molecule has 2 heterocycles. The molecule has 0 fully saturated rings. The fourth-order valence-electron chi connectivity index (χ4n) is 4.80. The van der Waals surface area contributed by atoms with E-state index in [4.69, 9.17) is 4.74 Å². The standard InChI is InChI=1S/C30H26FN3O3/c1-37-24-15-11-21(12-16-24)28-27(29(35)33-18-23-6-4-5-17-32-23)25-7-2-3-8-26(25)30(36)34(28)19-20-9-13-22(31)14-10-20/h2-17,27-28H,18-19H2,1H3,(H,33,35)/t27-,28+/m0/s1. The summed E-state index contributed by atoms with van der Waals surface area (Å²) < 4.78 is 18.9. The van der Waals surface area contributed by atoms with Crippen molar-refractivity contribution in [3.63, 3.8) is 0 Å². The molecule has 186 valence electrons. The van der Waals surface area contributed by atoms with Crippen molar-refractivity contribution >= 4 is 11.8 Å². The Morgan fingerprint density at radius 1 is 0.973 bits per heavy atom. The minimum atomic E-state index is -0.675. The summed E-state index contributed by atoms with van der Waals surface area (Å²) >= 11 is 0. The average Bonchev–Trinajstić information content (AvgIpc) is 2.95. The summed E-state index contributed by atoms with van der Waals surface area (Å²) in [6.45, 7) is 0.480. The van der Waals surface area contributed by atoms with Crippen molar-refractivity contribution in [2.75, 3.05) is 7.11 Å². The highest BCUT2D eigenvalue weighted by molar-refractivity contribution is 6.01. The molecule has 2 amide bonds. The van der Waals surface area contributed by atoms with E-state index >= 15 is 0 Å². The van der Waals surface area contributed by atoms with Crippen molar-refractivity contribution in [3.05, 3.63) is 131 Å². The molecule has 5 rings (SSSR count). The summed E-state index contributed by atoms with van der Waals surface area (Å²) in [5.41, 5.74) is 3.44. The molecule has 3 aromatic carbocycles. The van der Waals surface area contributed by atoms with Gasteiger partial charge in [0.25, 0.3) is 5.91 Å². The van der Waals surface area contributed by atoms with Crippen molar-refractivity contribution in [2.45, 2.75) is 25.0 Å². The highest BCUT2D eigenvalue weighted by Crippen LogP contribution is 2.44. The van der Waals surface area contributed by atoms with E-state index in [1.807, 2.05) is 54.6 Å². The number of rotatable bonds is 7. The van der Waals surface area contributed by atoms with Crippen molar-refractivity contribution in [2.24, 2.45) is 0 Å². The first-order chi connectivity index (χ1) is 18.0. The van der Waals surface area contributed by atoms with Gasteiger partial charge in [0.05, 0.1) is 31.3 Å². The minimum Gasteiger partial charge on any atom is -0.497 e. The maximum atomic E-state index is 13.8. The number of hydrogen-bond donors (Lipinski definition) is 1. The lowest BCUT2D eigenvalue weighted by molar-refractivity contribution is -0.124. The van der Waals surface area contributed by atoms with Gasteiger partial charge in [-0.15, -0.1) is 0 Å². The second-order valence-electron chi connectivity index (χ2n) is 8.88. The lowest BCUT2D eigenvalue weighted by atomic mass is 9.79. The van der Waals surface area contributed by atoms with Crippen LogP contribution in [0.2, 0.25) is 0 Å². The van der Waals surface area contributed by atoms with Gasteiger partial charge >= 0.3 is 0 Å². The number of hydrogen-bond acceptors (Lipinski definition) is 4. The van der Waals surface area contributed by atoms with Crippen molar-refractivity contribution < 1.29 is 18.7 Å². The molecule has 7 heteroatoms. The van der Waals surface area contributed by atoms with E-state index < -0.39 is 12.0 Å². The summed E-state index contributed by atoms with van der Waals surface area (Å²) in [7, 11) is 1.59. The Hall–Kier alpha value is -4.52. The van der Waals surface area contributed by atoms with E-state index in [2.05, 4.69) is 10.3 Å². The van der Waals surface area contributed by atoms with Gasteiger partial charge in [0.2, 0.25) is 5.91 Å². The molecule has 0 aliphatic carbocycles. The number of aromatic nitrogens is 1. The molecule has 0 bridgehead atoms. The summed E-state index contributed by atoms with van der Waals surface area (Å²) in [6, 6.07) is 25.6. The number of ether oxygens (including phenoxy) is 1. The Morgan fingerprint density at radius 2 is 1.70 bits per heavy atom. The molecule has 0 unspecified atom stereocenters. The van der Waals surface area contributed by atoms with Crippen molar-refractivity contribution in [1.29, 1.82) is 0 Å². The Morgan fingerprint density at radius 3 is 2.41 bits per heavy atom. The highest BCUT2D eigenvalue weighted by Gasteiger charge is 2.44. The van der Waals surface area contributed by atoms with Crippen LogP contribution in [0.3, 0.4) is 0 Å². The van der Waals surface area contributed by atoms with Gasteiger partial charge in [-0.05, 0) is 59.2 Å². The van der Waals surface area contributed by atoms with E-state index in [0.29, 0.717) is 16.9 Å². The zero-order valence-electron chi connectivity index (χ0n) is 20.3. The molecule has 37 heavy (non-hydrogen) atoms. The lowest BCUT2D eigenvalue weighted by Crippen LogP contribution is -2.47. The fourth-order valence-corrected chi connectivity index (χ4v) is 4.80. The minimum absolute atomic E-state index is 0.186. The van der Waals surface area contributed by atoms with Crippen LogP contribution in [-0.2, 0) is 17.9 Å². The summed E-state index contributed by atoms with van der Waals surface area (Å²) in [6.07, 6.45) is 1.68. The largest absolute Gasteiger partial charge is 0.497 e. The Balaban J connectivity index is 1.58. The number of carbonyl (C=O) groups excluding carboxylic acids is 2. The van der Waals surface area contributed by atoms with Gasteiger partial charge in [0.1, 0.15) is 11.6 Å². The normalized spacial score (nSPS) is 16.7. The number of fused-ring (bicyclic) bond motifs is 1. The van der Waals surface area contributed by atoms with Gasteiger partial charge in [0, 0.05) is 18.3 Å². The number of halogens is 1. The van der Waals surface area contributed by atoms with Crippen LogP contribution >= 0.6 is 0 Å². The molecule has 0 saturated carbocycles.